The first-order valence-electron chi connectivity index (χ1n) is 9.63. The summed E-state index contributed by atoms with van der Waals surface area (Å²) in [6.07, 6.45) is 8.22. The van der Waals surface area contributed by atoms with Gasteiger partial charge in [-0.25, -0.2) is 5.43 Å². The molecule has 1 fully saturated rings. The van der Waals surface area contributed by atoms with Gasteiger partial charge in [0.05, 0.1) is 19.4 Å². The Balaban J connectivity index is 1.59. The predicted octanol–water partition coefficient (Wildman–Crippen LogP) is 1.71. The van der Waals surface area contributed by atoms with Gasteiger partial charge in [0.1, 0.15) is 6.61 Å². The lowest BCUT2D eigenvalue weighted by Crippen LogP contribution is -2.38. The Morgan fingerprint density at radius 1 is 1.29 bits per heavy atom. The number of ether oxygens (including phenoxy) is 2. The fourth-order valence-corrected chi connectivity index (χ4v) is 2.89. The summed E-state index contributed by atoms with van der Waals surface area (Å²) in [4.78, 5) is 17.1. The van der Waals surface area contributed by atoms with Gasteiger partial charge in [-0.1, -0.05) is 17.7 Å². The third-order valence-corrected chi connectivity index (χ3v) is 4.46. The zero-order chi connectivity index (χ0) is 19.8. The molecular weight excluding hydrogens is 358 g/mol. The molecule has 1 N–H and O–H groups in total. The van der Waals surface area contributed by atoms with Crippen molar-refractivity contribution in [1.82, 2.24) is 19.9 Å². The van der Waals surface area contributed by atoms with Gasteiger partial charge < -0.3 is 14.4 Å². The third kappa shape index (κ3) is 6.28. The number of aromatic nitrogens is 3. The van der Waals surface area contributed by atoms with Gasteiger partial charge in [0.15, 0.2) is 0 Å². The molecule has 0 radical (unpaired) electrons. The van der Waals surface area contributed by atoms with Crippen molar-refractivity contribution in [2.24, 2.45) is 5.10 Å². The van der Waals surface area contributed by atoms with Gasteiger partial charge in [-0.2, -0.15) is 20.1 Å². The van der Waals surface area contributed by atoms with Gasteiger partial charge >= 0.3 is 6.01 Å². The van der Waals surface area contributed by atoms with Gasteiger partial charge in [0, 0.05) is 33.7 Å². The molecular formula is C19H29N7O2. The van der Waals surface area contributed by atoms with E-state index in [9.17, 15) is 0 Å². The summed E-state index contributed by atoms with van der Waals surface area (Å²) in [7, 11) is 3.75. The Labute approximate surface area is 166 Å². The van der Waals surface area contributed by atoms with E-state index in [0.29, 0.717) is 18.5 Å². The zero-order valence-corrected chi connectivity index (χ0v) is 16.9. The van der Waals surface area contributed by atoms with E-state index in [1.54, 1.807) is 11.1 Å². The van der Waals surface area contributed by atoms with Crippen LogP contribution in [0.1, 0.15) is 19.8 Å². The van der Waals surface area contributed by atoms with Crippen LogP contribution in [0, 0.1) is 0 Å². The molecule has 0 aromatic carbocycles. The molecule has 1 saturated heterocycles. The summed E-state index contributed by atoms with van der Waals surface area (Å²) >= 11 is 0. The van der Waals surface area contributed by atoms with E-state index in [0.717, 1.165) is 51.3 Å². The van der Waals surface area contributed by atoms with Gasteiger partial charge in [0.25, 0.3) is 5.95 Å². The molecule has 28 heavy (non-hydrogen) atoms. The van der Waals surface area contributed by atoms with Crippen molar-refractivity contribution in [1.29, 1.82) is 0 Å². The molecule has 0 spiro atoms. The van der Waals surface area contributed by atoms with Crippen LogP contribution in [0.4, 0.5) is 11.9 Å². The molecule has 2 heterocycles. The minimum absolute atomic E-state index is 0.289. The maximum atomic E-state index is 5.77. The molecule has 0 atom stereocenters. The summed E-state index contributed by atoms with van der Waals surface area (Å²) in [5.41, 5.74) is 5.33. The topological polar surface area (TPSA) is 88.0 Å². The van der Waals surface area contributed by atoms with Crippen LogP contribution in [0.3, 0.4) is 0 Å². The van der Waals surface area contributed by atoms with E-state index >= 15 is 0 Å². The van der Waals surface area contributed by atoms with Gasteiger partial charge in [-0.05, 0) is 25.3 Å². The molecule has 152 valence electrons. The maximum Gasteiger partial charge on any atom is 0.323 e. The van der Waals surface area contributed by atoms with Crippen LogP contribution in [0.15, 0.2) is 28.4 Å². The van der Waals surface area contributed by atoms with Crippen LogP contribution < -0.4 is 15.1 Å². The number of hydrazone groups is 1. The molecule has 3 rings (SSSR count). The van der Waals surface area contributed by atoms with Crippen LogP contribution in [0.2, 0.25) is 0 Å². The molecule has 0 amide bonds. The van der Waals surface area contributed by atoms with E-state index in [4.69, 9.17) is 9.47 Å². The first-order valence-corrected chi connectivity index (χ1v) is 9.63. The van der Waals surface area contributed by atoms with Crippen molar-refractivity contribution in [3.8, 4) is 6.01 Å². The lowest BCUT2D eigenvalue weighted by atomic mass is 10.0. The standard InChI is InChI=1S/C19H29N7O2/c1-15-5-4-6-16(13-15)14-20-24-17-21-18(25(2)3)23-19(22-17)28-12-9-26-7-10-27-11-8-26/h6,13-14H,4-5,7-12H2,1-3H3,(H,21,22,23,24)/b20-14+. The van der Waals surface area contributed by atoms with Crippen LogP contribution >= 0.6 is 0 Å². The molecule has 1 aromatic heterocycles. The quantitative estimate of drug-likeness (QED) is 0.533. The van der Waals surface area contributed by atoms with Crippen molar-refractivity contribution in [3.63, 3.8) is 0 Å². The fraction of sp³-hybridized carbons (Fsp3) is 0.579. The number of nitrogens with zero attached hydrogens (tertiary/aromatic N) is 6. The second-order valence-corrected chi connectivity index (χ2v) is 7.04. The highest BCUT2D eigenvalue weighted by molar-refractivity contribution is 5.83. The Kier molecular flexibility index (Phi) is 7.32. The molecule has 1 aliphatic heterocycles. The molecule has 0 bridgehead atoms. The maximum absolute atomic E-state index is 5.77. The summed E-state index contributed by atoms with van der Waals surface area (Å²) in [6.45, 7) is 6.85. The van der Waals surface area contributed by atoms with Crippen molar-refractivity contribution in [2.45, 2.75) is 19.8 Å². The average Bonchev–Trinajstić information content (AvgIpc) is 2.69. The van der Waals surface area contributed by atoms with E-state index < -0.39 is 0 Å². The Morgan fingerprint density at radius 3 is 2.86 bits per heavy atom. The molecule has 0 saturated carbocycles. The molecule has 2 aliphatic rings. The summed E-state index contributed by atoms with van der Waals surface area (Å²) in [5.74, 6) is 0.870. The van der Waals surface area contributed by atoms with Gasteiger partial charge in [-0.15, -0.1) is 0 Å². The highest BCUT2D eigenvalue weighted by Crippen LogP contribution is 2.16. The van der Waals surface area contributed by atoms with Crippen molar-refractivity contribution < 1.29 is 9.47 Å². The minimum Gasteiger partial charge on any atom is -0.462 e. The number of morpholine rings is 1. The van der Waals surface area contributed by atoms with E-state index in [2.05, 4.69) is 49.5 Å². The normalized spacial score (nSPS) is 18.0. The predicted molar refractivity (Wildman–Crippen MR) is 110 cm³/mol. The number of anilines is 2. The van der Waals surface area contributed by atoms with Crippen LogP contribution in [0.5, 0.6) is 6.01 Å². The Hall–Kier alpha value is -2.52. The lowest BCUT2D eigenvalue weighted by molar-refractivity contribution is 0.0317. The smallest absolute Gasteiger partial charge is 0.323 e. The minimum atomic E-state index is 0.289. The second kappa shape index (κ2) is 10.1. The second-order valence-electron chi connectivity index (χ2n) is 7.04. The Bertz CT molecular complexity index is 740. The first kappa shape index (κ1) is 20.2. The van der Waals surface area contributed by atoms with Crippen molar-refractivity contribution in [3.05, 3.63) is 23.3 Å². The third-order valence-electron chi connectivity index (χ3n) is 4.46. The van der Waals surface area contributed by atoms with Crippen molar-refractivity contribution in [2.75, 3.05) is 63.9 Å². The molecule has 1 aromatic rings. The molecule has 0 unspecified atom stereocenters. The SMILES string of the molecule is CC1=CC(/C=N/Nc2nc(OCCN3CCOCC3)nc(N(C)C)n2)=CCC1. The Morgan fingerprint density at radius 2 is 2.11 bits per heavy atom. The molecule has 9 heteroatoms. The van der Waals surface area contributed by atoms with E-state index in [1.807, 2.05) is 14.1 Å². The fourth-order valence-electron chi connectivity index (χ4n) is 2.89. The van der Waals surface area contributed by atoms with Crippen LogP contribution in [0.25, 0.3) is 0 Å². The number of hydrogen-bond acceptors (Lipinski definition) is 9. The number of hydrogen-bond donors (Lipinski definition) is 1. The summed E-state index contributed by atoms with van der Waals surface area (Å²) < 4.78 is 11.1. The average molecular weight is 387 g/mol. The number of rotatable bonds is 8. The van der Waals surface area contributed by atoms with Crippen LogP contribution in [-0.4, -0.2) is 79.6 Å². The summed E-state index contributed by atoms with van der Waals surface area (Å²) in [5, 5.41) is 4.26. The molecule has 9 nitrogen and oxygen atoms in total. The lowest BCUT2D eigenvalue weighted by Gasteiger charge is -2.26. The van der Waals surface area contributed by atoms with Gasteiger partial charge in [-0.3, -0.25) is 4.90 Å². The van der Waals surface area contributed by atoms with E-state index in [1.165, 1.54) is 5.57 Å². The highest BCUT2D eigenvalue weighted by atomic mass is 16.5. The number of nitrogens with one attached hydrogen (secondary N) is 1. The highest BCUT2D eigenvalue weighted by Gasteiger charge is 2.12. The van der Waals surface area contributed by atoms with Crippen molar-refractivity contribution >= 4 is 18.1 Å². The van der Waals surface area contributed by atoms with Gasteiger partial charge in [0.2, 0.25) is 5.95 Å². The first-order chi connectivity index (χ1) is 13.6. The monoisotopic (exact) mass is 387 g/mol. The molecule has 1 aliphatic carbocycles. The zero-order valence-electron chi connectivity index (χ0n) is 16.9. The number of allylic oxidation sites excluding steroid dienone is 4. The summed E-state index contributed by atoms with van der Waals surface area (Å²) in [6, 6.07) is 0.289. The largest absolute Gasteiger partial charge is 0.462 e. The van der Waals surface area contributed by atoms with Crippen LogP contribution in [-0.2, 0) is 4.74 Å². The van der Waals surface area contributed by atoms with E-state index in [-0.39, 0.29) is 6.01 Å².